The molecule has 0 spiro atoms. The summed E-state index contributed by atoms with van der Waals surface area (Å²) in [5.74, 6) is 1.03. The standard InChI is InChI=1S/C22H24N4O2/c1-15-5-3-7-19(28-2)20(15)25-22(27)26-13-10-16(11-14-26)18-9-8-17-6-4-12-23-21(17)24-18/h3-9,12,16H,10-11,13-14H2,1-2H3,(H,25,27). The number of nitrogens with one attached hydrogen (secondary N) is 1. The molecule has 1 fully saturated rings. The number of hydrogen-bond acceptors (Lipinski definition) is 4. The van der Waals surface area contributed by atoms with E-state index in [1.54, 1.807) is 13.3 Å². The zero-order chi connectivity index (χ0) is 19.5. The zero-order valence-corrected chi connectivity index (χ0v) is 16.2. The van der Waals surface area contributed by atoms with Gasteiger partial charge in [-0.25, -0.2) is 14.8 Å². The maximum absolute atomic E-state index is 12.7. The van der Waals surface area contributed by atoms with Gasteiger partial charge in [-0.3, -0.25) is 0 Å². The first-order valence-electron chi connectivity index (χ1n) is 9.57. The number of aromatic nitrogens is 2. The Hall–Kier alpha value is -3.15. The fraction of sp³-hybridized carbons (Fsp3) is 0.318. The molecule has 1 aromatic carbocycles. The number of piperidine rings is 1. The number of amides is 2. The fourth-order valence-corrected chi connectivity index (χ4v) is 3.73. The van der Waals surface area contributed by atoms with Crippen LogP contribution in [0.4, 0.5) is 10.5 Å². The van der Waals surface area contributed by atoms with E-state index < -0.39 is 0 Å². The number of ether oxygens (including phenoxy) is 1. The highest BCUT2D eigenvalue weighted by molar-refractivity contribution is 5.92. The number of para-hydroxylation sites is 1. The van der Waals surface area contributed by atoms with E-state index >= 15 is 0 Å². The van der Waals surface area contributed by atoms with Crippen molar-refractivity contribution in [1.82, 2.24) is 14.9 Å². The number of rotatable bonds is 3. The van der Waals surface area contributed by atoms with Gasteiger partial charge in [0.05, 0.1) is 12.8 Å². The quantitative estimate of drug-likeness (QED) is 0.738. The summed E-state index contributed by atoms with van der Waals surface area (Å²) in [6.45, 7) is 3.36. The predicted molar refractivity (Wildman–Crippen MR) is 110 cm³/mol. The van der Waals surface area contributed by atoms with E-state index in [2.05, 4.69) is 22.4 Å². The molecule has 1 saturated heterocycles. The van der Waals surface area contributed by atoms with E-state index in [0.29, 0.717) is 24.8 Å². The molecule has 6 nitrogen and oxygen atoms in total. The second kappa shape index (κ2) is 7.84. The molecule has 0 bridgehead atoms. The van der Waals surface area contributed by atoms with Crippen molar-refractivity contribution in [3.8, 4) is 5.75 Å². The van der Waals surface area contributed by atoms with Crippen LogP contribution in [0.3, 0.4) is 0 Å². The average Bonchev–Trinajstić information content (AvgIpc) is 2.75. The molecule has 4 rings (SSSR count). The number of urea groups is 1. The van der Waals surface area contributed by atoms with Crippen LogP contribution in [0.5, 0.6) is 5.75 Å². The Morgan fingerprint density at radius 2 is 1.96 bits per heavy atom. The van der Waals surface area contributed by atoms with Crippen molar-refractivity contribution in [3.05, 3.63) is 59.9 Å². The molecule has 28 heavy (non-hydrogen) atoms. The van der Waals surface area contributed by atoms with Gasteiger partial charge < -0.3 is 15.0 Å². The molecule has 144 valence electrons. The fourth-order valence-electron chi connectivity index (χ4n) is 3.73. The Morgan fingerprint density at radius 1 is 1.14 bits per heavy atom. The number of pyridine rings is 2. The third-order valence-corrected chi connectivity index (χ3v) is 5.37. The van der Waals surface area contributed by atoms with Gasteiger partial charge in [-0.15, -0.1) is 0 Å². The largest absolute Gasteiger partial charge is 0.495 e. The lowest BCUT2D eigenvalue weighted by atomic mass is 9.93. The summed E-state index contributed by atoms with van der Waals surface area (Å²) in [7, 11) is 1.61. The van der Waals surface area contributed by atoms with Gasteiger partial charge in [0.2, 0.25) is 0 Å². The van der Waals surface area contributed by atoms with Crippen LogP contribution in [0.25, 0.3) is 11.0 Å². The minimum atomic E-state index is -0.0841. The van der Waals surface area contributed by atoms with Gasteiger partial charge in [-0.2, -0.15) is 0 Å². The van der Waals surface area contributed by atoms with Crippen molar-refractivity contribution < 1.29 is 9.53 Å². The normalized spacial score (nSPS) is 14.9. The van der Waals surface area contributed by atoms with Gasteiger partial charge in [-0.05, 0) is 55.7 Å². The minimum absolute atomic E-state index is 0.0841. The molecule has 0 radical (unpaired) electrons. The second-order valence-corrected chi connectivity index (χ2v) is 7.13. The summed E-state index contributed by atoms with van der Waals surface area (Å²) in [5, 5.41) is 4.07. The predicted octanol–water partition coefficient (Wildman–Crippen LogP) is 4.36. The highest BCUT2D eigenvalue weighted by Gasteiger charge is 2.25. The van der Waals surface area contributed by atoms with Crippen LogP contribution in [0, 0.1) is 6.92 Å². The van der Waals surface area contributed by atoms with Crippen molar-refractivity contribution in [1.29, 1.82) is 0 Å². The molecule has 3 heterocycles. The number of likely N-dealkylation sites (tertiary alicyclic amines) is 1. The average molecular weight is 376 g/mol. The summed E-state index contributed by atoms with van der Waals surface area (Å²) < 4.78 is 5.38. The van der Waals surface area contributed by atoms with E-state index in [1.165, 1.54) is 0 Å². The molecular formula is C22H24N4O2. The zero-order valence-electron chi connectivity index (χ0n) is 16.2. The van der Waals surface area contributed by atoms with E-state index in [0.717, 1.165) is 40.8 Å². The van der Waals surface area contributed by atoms with Crippen molar-refractivity contribution >= 4 is 22.8 Å². The lowest BCUT2D eigenvalue weighted by Crippen LogP contribution is -2.40. The number of anilines is 1. The Bertz CT molecular complexity index is 997. The number of methoxy groups -OCH3 is 1. The van der Waals surface area contributed by atoms with E-state index in [4.69, 9.17) is 9.72 Å². The number of nitrogens with zero attached hydrogens (tertiary/aromatic N) is 3. The second-order valence-electron chi connectivity index (χ2n) is 7.13. The topological polar surface area (TPSA) is 67.3 Å². The maximum Gasteiger partial charge on any atom is 0.321 e. The van der Waals surface area contributed by atoms with Gasteiger partial charge in [-0.1, -0.05) is 12.1 Å². The molecule has 0 saturated carbocycles. The van der Waals surface area contributed by atoms with Crippen LogP contribution in [0.15, 0.2) is 48.7 Å². The van der Waals surface area contributed by atoms with Crippen LogP contribution in [0.2, 0.25) is 0 Å². The Balaban J connectivity index is 1.41. The first kappa shape index (κ1) is 18.2. The van der Waals surface area contributed by atoms with Gasteiger partial charge >= 0.3 is 6.03 Å². The number of fused-ring (bicyclic) bond motifs is 1. The van der Waals surface area contributed by atoms with Crippen molar-refractivity contribution in [3.63, 3.8) is 0 Å². The highest BCUT2D eigenvalue weighted by Crippen LogP contribution is 2.30. The summed E-state index contributed by atoms with van der Waals surface area (Å²) in [6, 6.07) is 13.8. The Morgan fingerprint density at radius 3 is 2.75 bits per heavy atom. The van der Waals surface area contributed by atoms with Gasteiger partial charge in [0.1, 0.15) is 5.75 Å². The van der Waals surface area contributed by atoms with E-state index in [9.17, 15) is 4.79 Å². The number of hydrogen-bond donors (Lipinski definition) is 1. The van der Waals surface area contributed by atoms with Crippen LogP contribution < -0.4 is 10.1 Å². The summed E-state index contributed by atoms with van der Waals surface area (Å²) in [5.41, 5.74) is 3.56. The third kappa shape index (κ3) is 3.63. The lowest BCUT2D eigenvalue weighted by molar-refractivity contribution is 0.194. The van der Waals surface area contributed by atoms with Gasteiger partial charge in [0.25, 0.3) is 0 Å². The Kier molecular flexibility index (Phi) is 5.10. The molecule has 3 aromatic rings. The molecule has 2 aromatic heterocycles. The molecule has 1 aliphatic rings. The molecular weight excluding hydrogens is 352 g/mol. The van der Waals surface area contributed by atoms with Crippen molar-refractivity contribution in [2.24, 2.45) is 0 Å². The minimum Gasteiger partial charge on any atom is -0.495 e. The molecule has 2 amide bonds. The first-order valence-corrected chi connectivity index (χ1v) is 9.57. The van der Waals surface area contributed by atoms with Crippen molar-refractivity contribution in [2.75, 3.05) is 25.5 Å². The summed E-state index contributed by atoms with van der Waals surface area (Å²) in [6.07, 6.45) is 3.55. The molecule has 1 N–H and O–H groups in total. The van der Waals surface area contributed by atoms with Crippen LogP contribution in [-0.2, 0) is 0 Å². The lowest BCUT2D eigenvalue weighted by Gasteiger charge is -2.32. The van der Waals surface area contributed by atoms with Crippen LogP contribution in [0.1, 0.15) is 30.0 Å². The van der Waals surface area contributed by atoms with Crippen LogP contribution >= 0.6 is 0 Å². The summed E-state index contributed by atoms with van der Waals surface area (Å²) in [4.78, 5) is 23.7. The highest BCUT2D eigenvalue weighted by atomic mass is 16.5. The molecule has 6 heteroatoms. The van der Waals surface area contributed by atoms with Crippen LogP contribution in [-0.4, -0.2) is 41.1 Å². The first-order chi connectivity index (χ1) is 13.7. The Labute approximate surface area is 164 Å². The van der Waals surface area contributed by atoms with E-state index in [-0.39, 0.29) is 6.03 Å². The molecule has 1 aliphatic heterocycles. The molecule has 0 unspecified atom stereocenters. The number of benzene rings is 1. The maximum atomic E-state index is 12.7. The molecule has 0 atom stereocenters. The monoisotopic (exact) mass is 376 g/mol. The van der Waals surface area contributed by atoms with Gasteiger partial charge in [0, 0.05) is 36.3 Å². The SMILES string of the molecule is COc1cccc(C)c1NC(=O)N1CCC(c2ccc3cccnc3n2)CC1. The van der Waals surface area contributed by atoms with E-state index in [1.807, 2.05) is 42.2 Å². The third-order valence-electron chi connectivity index (χ3n) is 5.37. The number of aryl methyl sites for hydroxylation is 1. The smallest absolute Gasteiger partial charge is 0.321 e. The molecule has 0 aliphatic carbocycles. The van der Waals surface area contributed by atoms with Gasteiger partial charge in [0.15, 0.2) is 5.65 Å². The number of carbonyl (C=O) groups excluding carboxylic acids is 1. The van der Waals surface area contributed by atoms with Crippen molar-refractivity contribution in [2.45, 2.75) is 25.7 Å². The summed E-state index contributed by atoms with van der Waals surface area (Å²) >= 11 is 0. The number of carbonyl (C=O) groups is 1.